The third-order valence-corrected chi connectivity index (χ3v) is 5.25. The number of ether oxygens (including phenoxy) is 3. The summed E-state index contributed by atoms with van der Waals surface area (Å²) < 4.78 is 56.9. The summed E-state index contributed by atoms with van der Waals surface area (Å²) in [4.78, 5) is 10.4. The van der Waals surface area contributed by atoms with E-state index in [1.807, 2.05) is 38.1 Å². The van der Waals surface area contributed by atoms with Crippen LogP contribution in [0.3, 0.4) is 0 Å². The molecule has 3 heterocycles. The Kier molecular flexibility index (Phi) is 5.52. The van der Waals surface area contributed by atoms with Crippen LogP contribution in [0.25, 0.3) is 11.0 Å². The molecule has 0 saturated carbocycles. The van der Waals surface area contributed by atoms with E-state index in [9.17, 15) is 13.2 Å². The lowest BCUT2D eigenvalue weighted by Gasteiger charge is -2.36. The average Bonchev–Trinajstić information content (AvgIpc) is 3.19. The predicted octanol–water partition coefficient (Wildman–Crippen LogP) is 4.33. The van der Waals surface area contributed by atoms with Gasteiger partial charge in [0.25, 0.3) is 0 Å². The number of benzene rings is 1. The number of para-hydroxylation sites is 1. The van der Waals surface area contributed by atoms with E-state index in [1.54, 1.807) is 7.11 Å². The zero-order chi connectivity index (χ0) is 22.2. The molecule has 0 radical (unpaired) electrons. The van der Waals surface area contributed by atoms with Gasteiger partial charge in [0.2, 0.25) is 0 Å². The number of anilines is 1. The lowest BCUT2D eigenvalue weighted by atomic mass is 9.97. The van der Waals surface area contributed by atoms with Gasteiger partial charge in [-0.25, -0.2) is 9.97 Å². The first-order valence-electron chi connectivity index (χ1n) is 9.74. The van der Waals surface area contributed by atoms with E-state index in [2.05, 4.69) is 20.3 Å². The fourth-order valence-corrected chi connectivity index (χ4v) is 3.37. The molecule has 2 aromatic heterocycles. The van der Waals surface area contributed by atoms with E-state index in [0.29, 0.717) is 12.4 Å². The van der Waals surface area contributed by atoms with Crippen LogP contribution in [-0.4, -0.2) is 47.0 Å². The van der Waals surface area contributed by atoms with Gasteiger partial charge in [0.15, 0.2) is 0 Å². The molecule has 166 valence electrons. The molecular formula is C21H23F3N4O3. The van der Waals surface area contributed by atoms with Crippen molar-refractivity contribution in [1.82, 2.24) is 15.0 Å². The van der Waals surface area contributed by atoms with Crippen molar-refractivity contribution < 1.29 is 27.4 Å². The van der Waals surface area contributed by atoms with Crippen LogP contribution in [-0.2, 0) is 15.7 Å². The lowest BCUT2D eigenvalue weighted by molar-refractivity contribution is -0.140. The molecule has 0 saturated heterocycles. The molecule has 0 bridgehead atoms. The Balaban J connectivity index is 1.68. The van der Waals surface area contributed by atoms with E-state index in [4.69, 9.17) is 14.2 Å². The van der Waals surface area contributed by atoms with Gasteiger partial charge < -0.3 is 24.5 Å². The van der Waals surface area contributed by atoms with Gasteiger partial charge in [-0.2, -0.15) is 13.2 Å². The van der Waals surface area contributed by atoms with Crippen LogP contribution in [0.15, 0.2) is 36.7 Å². The molecule has 7 nitrogen and oxygen atoms in total. The summed E-state index contributed by atoms with van der Waals surface area (Å²) in [6, 6.07) is 8.06. The standard InChI is InChI=1S/C21H23F3N4O3/c1-20(2,29-3)10-31-15-9-30-14-7-5-4-6-12(14)17(15)28-19-13-8-16(21(22,23)24)27-18(13)25-11-26-19/h4-8,11,15,17H,9-10H2,1-3H3,(H2,25,26,27,28)/t15-,17-/m0/s1. The molecule has 1 aliphatic heterocycles. The highest BCUT2D eigenvalue weighted by atomic mass is 19.4. The SMILES string of the molecule is COC(C)(C)CO[C@H]1COc2ccccc2[C@@H]1Nc1ncnc2[nH]c(C(F)(F)F)cc12. The largest absolute Gasteiger partial charge is 0.490 e. The van der Waals surface area contributed by atoms with E-state index < -0.39 is 29.6 Å². The van der Waals surface area contributed by atoms with E-state index in [0.717, 1.165) is 11.6 Å². The van der Waals surface area contributed by atoms with Crippen molar-refractivity contribution in [1.29, 1.82) is 0 Å². The number of nitrogens with zero attached hydrogens (tertiary/aromatic N) is 2. The van der Waals surface area contributed by atoms with Crippen LogP contribution in [0, 0.1) is 0 Å². The molecule has 1 aliphatic rings. The van der Waals surface area contributed by atoms with E-state index in [-0.39, 0.29) is 23.5 Å². The zero-order valence-corrected chi connectivity index (χ0v) is 17.3. The Morgan fingerprint density at radius 2 is 2.00 bits per heavy atom. The van der Waals surface area contributed by atoms with Crippen LogP contribution in [0.4, 0.5) is 19.0 Å². The highest BCUT2D eigenvalue weighted by Crippen LogP contribution is 2.38. The van der Waals surface area contributed by atoms with Crippen LogP contribution in [0.2, 0.25) is 0 Å². The van der Waals surface area contributed by atoms with E-state index in [1.165, 1.54) is 6.33 Å². The van der Waals surface area contributed by atoms with Crippen LogP contribution < -0.4 is 10.1 Å². The number of fused-ring (bicyclic) bond motifs is 2. The monoisotopic (exact) mass is 436 g/mol. The third-order valence-electron chi connectivity index (χ3n) is 5.25. The molecule has 0 unspecified atom stereocenters. The van der Waals surface area contributed by atoms with Gasteiger partial charge in [0.1, 0.15) is 41.9 Å². The lowest BCUT2D eigenvalue weighted by Crippen LogP contribution is -2.41. The molecule has 4 rings (SSSR count). The fourth-order valence-electron chi connectivity index (χ4n) is 3.37. The second kappa shape index (κ2) is 8.01. The molecular weight excluding hydrogens is 413 g/mol. The van der Waals surface area contributed by atoms with E-state index >= 15 is 0 Å². The van der Waals surface area contributed by atoms with Crippen molar-refractivity contribution in [2.75, 3.05) is 25.6 Å². The number of nitrogens with one attached hydrogen (secondary N) is 2. The Bertz CT molecular complexity index is 1070. The minimum Gasteiger partial charge on any atom is -0.490 e. The number of aromatic nitrogens is 3. The van der Waals surface area contributed by atoms with Gasteiger partial charge in [-0.15, -0.1) is 0 Å². The first kappa shape index (κ1) is 21.4. The van der Waals surface area contributed by atoms with Gasteiger partial charge in [0.05, 0.1) is 23.6 Å². The fraction of sp³-hybridized carbons (Fsp3) is 0.429. The molecule has 0 fully saturated rings. The van der Waals surface area contributed by atoms with Crippen LogP contribution in [0.5, 0.6) is 5.75 Å². The minimum atomic E-state index is -4.51. The van der Waals surface area contributed by atoms with Crippen LogP contribution >= 0.6 is 0 Å². The second-order valence-electron chi connectivity index (χ2n) is 7.95. The summed E-state index contributed by atoms with van der Waals surface area (Å²) in [5.74, 6) is 0.958. The molecule has 0 spiro atoms. The topological polar surface area (TPSA) is 81.3 Å². The highest BCUT2D eigenvalue weighted by Gasteiger charge is 2.36. The average molecular weight is 436 g/mol. The van der Waals surface area contributed by atoms with Crippen molar-refractivity contribution >= 4 is 16.9 Å². The van der Waals surface area contributed by atoms with Gasteiger partial charge in [-0.1, -0.05) is 18.2 Å². The Morgan fingerprint density at radius 1 is 1.23 bits per heavy atom. The smallest absolute Gasteiger partial charge is 0.431 e. The van der Waals surface area contributed by atoms with Crippen molar-refractivity contribution in [3.8, 4) is 5.75 Å². The second-order valence-corrected chi connectivity index (χ2v) is 7.95. The quantitative estimate of drug-likeness (QED) is 0.599. The molecule has 0 amide bonds. The summed E-state index contributed by atoms with van der Waals surface area (Å²) >= 11 is 0. The zero-order valence-electron chi connectivity index (χ0n) is 17.3. The Labute approximate surface area is 176 Å². The molecule has 0 aliphatic carbocycles. The highest BCUT2D eigenvalue weighted by molar-refractivity contribution is 5.88. The number of hydrogen-bond donors (Lipinski definition) is 2. The summed E-state index contributed by atoms with van der Waals surface area (Å²) in [5.41, 5.74) is -0.463. The van der Waals surface area contributed by atoms with Gasteiger partial charge in [-0.3, -0.25) is 0 Å². The number of rotatable bonds is 6. The number of hydrogen-bond acceptors (Lipinski definition) is 6. The van der Waals surface area contributed by atoms with Gasteiger partial charge >= 0.3 is 6.18 Å². The Morgan fingerprint density at radius 3 is 2.74 bits per heavy atom. The number of methoxy groups -OCH3 is 1. The molecule has 2 atom stereocenters. The minimum absolute atomic E-state index is 0.100. The summed E-state index contributed by atoms with van der Waals surface area (Å²) in [7, 11) is 1.60. The maximum absolute atomic E-state index is 13.2. The normalized spacial score (nSPS) is 19.2. The van der Waals surface area contributed by atoms with Crippen LogP contribution in [0.1, 0.15) is 31.1 Å². The van der Waals surface area contributed by atoms with Crippen molar-refractivity contribution in [2.45, 2.75) is 37.8 Å². The van der Waals surface area contributed by atoms with Crippen molar-refractivity contribution in [3.05, 3.63) is 47.9 Å². The first-order chi connectivity index (χ1) is 14.7. The summed E-state index contributed by atoms with van der Waals surface area (Å²) in [6.45, 7) is 4.38. The summed E-state index contributed by atoms with van der Waals surface area (Å²) in [6.07, 6.45) is -3.72. The molecule has 2 N–H and O–H groups in total. The maximum atomic E-state index is 13.2. The Hall–Kier alpha value is -2.85. The molecule has 31 heavy (non-hydrogen) atoms. The molecule has 3 aromatic rings. The molecule has 1 aromatic carbocycles. The summed E-state index contributed by atoms with van der Waals surface area (Å²) in [5, 5.41) is 3.51. The first-order valence-corrected chi connectivity index (χ1v) is 9.74. The number of halogens is 3. The maximum Gasteiger partial charge on any atom is 0.431 e. The number of H-pyrrole nitrogens is 1. The van der Waals surface area contributed by atoms with Crippen molar-refractivity contribution in [3.63, 3.8) is 0 Å². The van der Waals surface area contributed by atoms with Gasteiger partial charge in [-0.05, 0) is 26.0 Å². The third kappa shape index (κ3) is 4.45. The molecule has 10 heteroatoms. The van der Waals surface area contributed by atoms with Gasteiger partial charge in [0, 0.05) is 12.7 Å². The number of alkyl halides is 3. The van der Waals surface area contributed by atoms with Crippen molar-refractivity contribution in [2.24, 2.45) is 0 Å². The number of aromatic amines is 1. The predicted molar refractivity (Wildman–Crippen MR) is 108 cm³/mol.